The van der Waals surface area contributed by atoms with E-state index in [1.165, 1.54) is 18.2 Å². The molecule has 0 unspecified atom stereocenters. The third kappa shape index (κ3) is 7.37. The van der Waals surface area contributed by atoms with Gasteiger partial charge >= 0.3 is 12.1 Å². The quantitative estimate of drug-likeness (QED) is 0.483. The number of carbonyl (C=O) groups is 2. The van der Waals surface area contributed by atoms with Crippen molar-refractivity contribution in [3.05, 3.63) is 64.1 Å². The summed E-state index contributed by atoms with van der Waals surface area (Å²) in [6, 6.07) is 13.4. The minimum atomic E-state index is -4.20. The van der Waals surface area contributed by atoms with Crippen LogP contribution >= 0.6 is 15.9 Å². The molecule has 0 saturated heterocycles. The Balaban J connectivity index is 1.89. The van der Waals surface area contributed by atoms with Gasteiger partial charge in [0.2, 0.25) is 0 Å². The molecule has 0 aliphatic carbocycles. The van der Waals surface area contributed by atoms with Gasteiger partial charge in [0.1, 0.15) is 19.0 Å². The lowest BCUT2D eigenvalue weighted by Crippen LogP contribution is -2.15. The van der Waals surface area contributed by atoms with E-state index in [4.69, 9.17) is 14.0 Å². The van der Waals surface area contributed by atoms with E-state index in [1.54, 1.807) is 0 Å². The zero-order valence-electron chi connectivity index (χ0n) is 13.9. The number of ether oxygens (including phenoxy) is 2. The highest BCUT2D eigenvalue weighted by Gasteiger charge is 2.13. The van der Waals surface area contributed by atoms with Crippen LogP contribution in [-0.4, -0.2) is 37.4 Å². The highest BCUT2D eigenvalue weighted by molar-refractivity contribution is 9.10. The molecule has 27 heavy (non-hydrogen) atoms. The number of halogens is 1. The van der Waals surface area contributed by atoms with Crippen molar-refractivity contribution in [2.75, 3.05) is 17.7 Å². The zero-order chi connectivity index (χ0) is 19.9. The molecule has 0 fully saturated rings. The molecule has 8 nitrogen and oxygen atoms in total. The molecule has 0 spiro atoms. The predicted octanol–water partition coefficient (Wildman–Crippen LogP) is 3.24. The second-order valence-corrected chi connectivity index (χ2v) is 7.73. The van der Waals surface area contributed by atoms with Gasteiger partial charge in [0.25, 0.3) is 10.1 Å². The normalized spacial score (nSPS) is 10.9. The van der Waals surface area contributed by atoms with Crippen molar-refractivity contribution in [1.82, 2.24) is 0 Å². The molecule has 10 heteroatoms. The van der Waals surface area contributed by atoms with E-state index in [9.17, 15) is 18.0 Å². The largest absolute Gasteiger partial charge is 0.461 e. The maximum atomic E-state index is 11.9. The van der Waals surface area contributed by atoms with Crippen molar-refractivity contribution in [2.24, 2.45) is 0 Å². The van der Waals surface area contributed by atoms with Crippen LogP contribution in [0.5, 0.6) is 0 Å². The van der Waals surface area contributed by atoms with Crippen LogP contribution in [0.1, 0.15) is 15.9 Å². The third-order valence-electron chi connectivity index (χ3n) is 3.23. The van der Waals surface area contributed by atoms with E-state index in [-0.39, 0.29) is 12.2 Å². The van der Waals surface area contributed by atoms with Crippen LogP contribution in [0.2, 0.25) is 0 Å². The lowest BCUT2D eigenvalue weighted by Gasteiger charge is -2.10. The summed E-state index contributed by atoms with van der Waals surface area (Å²) in [5, 5.41) is 2.54. The maximum Gasteiger partial charge on any atom is 0.411 e. The second-order valence-electron chi connectivity index (χ2n) is 5.30. The minimum absolute atomic E-state index is 0.114. The number of benzene rings is 2. The Labute approximate surface area is 164 Å². The van der Waals surface area contributed by atoms with E-state index in [0.717, 1.165) is 5.56 Å². The number of esters is 1. The molecule has 144 valence electrons. The topological polar surface area (TPSA) is 119 Å². The summed E-state index contributed by atoms with van der Waals surface area (Å²) in [6.45, 7) is -0.358. The maximum absolute atomic E-state index is 11.9. The van der Waals surface area contributed by atoms with Crippen molar-refractivity contribution in [3.8, 4) is 0 Å². The fourth-order valence-electron chi connectivity index (χ4n) is 1.94. The Bertz CT molecular complexity index is 916. The molecule has 1 amide bonds. The molecule has 0 atom stereocenters. The number of hydrogen-bond donors (Lipinski definition) is 2. The van der Waals surface area contributed by atoms with E-state index >= 15 is 0 Å². The van der Waals surface area contributed by atoms with Gasteiger partial charge in [-0.25, -0.2) is 9.59 Å². The molecule has 0 aromatic heterocycles. The number of hydrogen-bond acceptors (Lipinski definition) is 6. The van der Waals surface area contributed by atoms with Crippen LogP contribution in [0.25, 0.3) is 0 Å². The highest BCUT2D eigenvalue weighted by Crippen LogP contribution is 2.24. The molecule has 0 saturated carbocycles. The molecular weight excluding hydrogens is 442 g/mol. The number of carbonyl (C=O) groups excluding carboxylic acids is 2. The van der Waals surface area contributed by atoms with Crippen molar-refractivity contribution >= 4 is 43.8 Å². The van der Waals surface area contributed by atoms with Crippen LogP contribution in [-0.2, 0) is 26.2 Å². The first-order valence-corrected chi connectivity index (χ1v) is 10.0. The Morgan fingerprint density at radius 3 is 2.41 bits per heavy atom. The summed E-state index contributed by atoms with van der Waals surface area (Å²) in [7, 11) is -4.20. The molecule has 0 aliphatic rings. The first-order chi connectivity index (χ1) is 12.7. The highest BCUT2D eigenvalue weighted by atomic mass is 79.9. The van der Waals surface area contributed by atoms with Crippen LogP contribution in [0, 0.1) is 0 Å². The number of rotatable bonds is 7. The number of amides is 1. The van der Waals surface area contributed by atoms with Gasteiger partial charge in [0.15, 0.2) is 0 Å². The third-order valence-corrected chi connectivity index (χ3v) is 4.57. The predicted molar refractivity (Wildman–Crippen MR) is 101 cm³/mol. The van der Waals surface area contributed by atoms with Crippen molar-refractivity contribution < 1.29 is 32.0 Å². The van der Waals surface area contributed by atoms with Crippen LogP contribution < -0.4 is 5.32 Å². The van der Waals surface area contributed by atoms with Gasteiger partial charge in [0.05, 0.1) is 11.3 Å². The van der Waals surface area contributed by atoms with E-state index in [1.807, 2.05) is 30.3 Å². The molecular formula is C17H16BrNO7S. The fraction of sp³-hybridized carbons (Fsp3) is 0.176. The minimum Gasteiger partial charge on any atom is -0.461 e. The molecule has 2 N–H and O–H groups in total. The van der Waals surface area contributed by atoms with Gasteiger partial charge < -0.3 is 9.47 Å². The monoisotopic (exact) mass is 457 g/mol. The summed E-state index contributed by atoms with van der Waals surface area (Å²) < 4.78 is 40.1. The van der Waals surface area contributed by atoms with Crippen molar-refractivity contribution in [3.63, 3.8) is 0 Å². The van der Waals surface area contributed by atoms with Gasteiger partial charge in [-0.1, -0.05) is 30.3 Å². The van der Waals surface area contributed by atoms with E-state index < -0.39 is 34.5 Å². The molecule has 2 rings (SSSR count). The summed E-state index contributed by atoms with van der Waals surface area (Å²) in [6.07, 6.45) is -0.664. The molecule has 0 aliphatic heterocycles. The Morgan fingerprint density at radius 2 is 1.78 bits per heavy atom. The molecule has 0 radical (unpaired) electrons. The van der Waals surface area contributed by atoms with Gasteiger partial charge in [-0.05, 0) is 39.7 Å². The first-order valence-electron chi connectivity index (χ1n) is 7.64. The van der Waals surface area contributed by atoms with Gasteiger partial charge in [0, 0.05) is 4.47 Å². The number of nitrogens with one attached hydrogen (secondary N) is 1. The molecule has 2 aromatic carbocycles. The first kappa shape index (κ1) is 20.9. The van der Waals surface area contributed by atoms with E-state index in [2.05, 4.69) is 21.2 Å². The Morgan fingerprint density at radius 1 is 1.07 bits per heavy atom. The number of anilines is 1. The Kier molecular flexibility index (Phi) is 7.34. The average molecular weight is 458 g/mol. The molecule has 2 aromatic rings. The smallest absolute Gasteiger partial charge is 0.411 e. The standard InChI is InChI=1S/C17H16BrNO7S/c18-14-10-13(16(20)25-8-9-27(22,23)24)6-7-15(14)19-17(21)26-11-12-4-2-1-3-5-12/h1-7,10H,8-9,11H2,(H,19,21)(H,22,23,24). The summed E-state index contributed by atoms with van der Waals surface area (Å²) in [5.41, 5.74) is 1.36. The van der Waals surface area contributed by atoms with Gasteiger partial charge in [-0.3, -0.25) is 9.87 Å². The summed E-state index contributed by atoms with van der Waals surface area (Å²) in [5.74, 6) is -1.45. The zero-order valence-corrected chi connectivity index (χ0v) is 16.3. The van der Waals surface area contributed by atoms with Crippen molar-refractivity contribution in [2.45, 2.75) is 6.61 Å². The summed E-state index contributed by atoms with van der Waals surface area (Å²) >= 11 is 3.23. The SMILES string of the molecule is O=C(Nc1ccc(C(=O)OCCS(=O)(=O)O)cc1Br)OCc1ccccc1. The van der Waals surface area contributed by atoms with Crippen LogP contribution in [0.4, 0.5) is 10.5 Å². The molecule has 0 heterocycles. The summed E-state index contributed by atoms with van der Waals surface area (Å²) in [4.78, 5) is 23.7. The van der Waals surface area contributed by atoms with Crippen LogP contribution in [0.15, 0.2) is 53.0 Å². The van der Waals surface area contributed by atoms with Crippen molar-refractivity contribution in [1.29, 1.82) is 0 Å². The second kappa shape index (κ2) is 9.49. The van der Waals surface area contributed by atoms with Crippen LogP contribution in [0.3, 0.4) is 0 Å². The average Bonchev–Trinajstić information content (AvgIpc) is 2.61. The lowest BCUT2D eigenvalue weighted by atomic mass is 10.2. The van der Waals surface area contributed by atoms with Gasteiger partial charge in [-0.15, -0.1) is 0 Å². The molecule has 0 bridgehead atoms. The fourth-order valence-corrected chi connectivity index (χ4v) is 2.71. The van der Waals surface area contributed by atoms with Gasteiger partial charge in [-0.2, -0.15) is 8.42 Å². The Hall–Kier alpha value is -2.43. The van der Waals surface area contributed by atoms with E-state index in [0.29, 0.717) is 10.2 Å². The lowest BCUT2D eigenvalue weighted by molar-refractivity contribution is 0.0528.